The Hall–Kier alpha value is -0.420. The van der Waals surface area contributed by atoms with E-state index in [-0.39, 0.29) is 11.2 Å². The summed E-state index contributed by atoms with van der Waals surface area (Å²) in [6, 6.07) is 11.0. The Kier molecular flexibility index (Phi) is 3.35. The highest BCUT2D eigenvalue weighted by atomic mass is 127. The molecule has 0 aliphatic rings. The molecule has 2 rings (SSSR count). The predicted octanol–water partition coefficient (Wildman–Crippen LogP) is 4.82. The summed E-state index contributed by atoms with van der Waals surface area (Å²) in [7, 11) is 0. The molecule has 1 heterocycles. The van der Waals surface area contributed by atoms with Gasteiger partial charge in [0.25, 0.3) is 0 Å². The van der Waals surface area contributed by atoms with Crippen molar-refractivity contribution >= 4 is 33.9 Å². The lowest BCUT2D eigenvalue weighted by atomic mass is 9.83. The molecule has 0 amide bonds. The van der Waals surface area contributed by atoms with Crippen molar-refractivity contribution in [1.82, 2.24) is 0 Å². The average Bonchev–Trinajstić information content (AvgIpc) is 2.66. The fourth-order valence-corrected chi connectivity index (χ4v) is 3.41. The summed E-state index contributed by atoms with van der Waals surface area (Å²) in [4.78, 5) is 1.31. The first kappa shape index (κ1) is 12.0. The Bertz CT molecular complexity index is 485. The second-order valence-corrected chi connectivity index (χ2v) is 7.21. The molecule has 0 aliphatic heterocycles. The van der Waals surface area contributed by atoms with E-state index in [4.69, 9.17) is 0 Å². The molecule has 0 aliphatic carbocycles. The average molecular weight is 346 g/mol. The molecule has 0 radical (unpaired) electrons. The van der Waals surface area contributed by atoms with Crippen LogP contribution in [-0.4, -0.2) is 0 Å². The van der Waals surface area contributed by atoms with Gasteiger partial charge in [-0.15, -0.1) is 11.3 Å². The number of benzene rings is 1. The summed E-state index contributed by atoms with van der Waals surface area (Å²) < 4.78 is 14.2. The first-order valence-corrected chi connectivity index (χ1v) is 6.91. The topological polar surface area (TPSA) is 0 Å². The zero-order valence-electron chi connectivity index (χ0n) is 9.13. The third-order valence-electron chi connectivity index (χ3n) is 2.76. The molecule has 0 fully saturated rings. The molecule has 3 heteroatoms. The van der Waals surface area contributed by atoms with Crippen molar-refractivity contribution in [1.29, 1.82) is 0 Å². The van der Waals surface area contributed by atoms with Gasteiger partial charge in [0.05, 0.1) is 2.88 Å². The van der Waals surface area contributed by atoms with Crippen molar-refractivity contribution in [3.63, 3.8) is 0 Å². The molecule has 0 nitrogen and oxygen atoms in total. The maximum atomic E-state index is 12.9. The van der Waals surface area contributed by atoms with Gasteiger partial charge in [0.15, 0.2) is 0 Å². The Morgan fingerprint density at radius 3 is 2.19 bits per heavy atom. The standard InChI is InChI=1S/C13H12FIS/c1-13(2,11-7-8-12(15)16-11)9-3-5-10(14)6-4-9/h3-8H,1-2H3. The second-order valence-electron chi connectivity index (χ2n) is 4.24. The van der Waals surface area contributed by atoms with Crippen molar-refractivity contribution in [3.05, 3.63) is 55.5 Å². The molecule has 84 valence electrons. The van der Waals surface area contributed by atoms with Crippen LogP contribution in [0.15, 0.2) is 36.4 Å². The summed E-state index contributed by atoms with van der Waals surface area (Å²) >= 11 is 4.11. The summed E-state index contributed by atoms with van der Waals surface area (Å²) in [5.74, 6) is -0.180. The maximum Gasteiger partial charge on any atom is 0.123 e. The quantitative estimate of drug-likeness (QED) is 0.684. The minimum atomic E-state index is -0.180. The normalized spacial score (nSPS) is 11.8. The van der Waals surface area contributed by atoms with Gasteiger partial charge in [0.1, 0.15) is 5.82 Å². The van der Waals surface area contributed by atoms with E-state index in [0.29, 0.717) is 0 Å². The van der Waals surface area contributed by atoms with Crippen LogP contribution in [0, 0.1) is 8.70 Å². The van der Waals surface area contributed by atoms with E-state index < -0.39 is 0 Å². The van der Waals surface area contributed by atoms with Crippen molar-refractivity contribution in [3.8, 4) is 0 Å². The van der Waals surface area contributed by atoms with Gasteiger partial charge in [0, 0.05) is 10.3 Å². The zero-order valence-corrected chi connectivity index (χ0v) is 12.1. The highest BCUT2D eigenvalue weighted by Crippen LogP contribution is 2.36. The molecule has 0 atom stereocenters. The second kappa shape index (κ2) is 4.45. The van der Waals surface area contributed by atoms with Gasteiger partial charge in [0.2, 0.25) is 0 Å². The fraction of sp³-hybridized carbons (Fsp3) is 0.231. The smallest absolute Gasteiger partial charge is 0.123 e. The van der Waals surface area contributed by atoms with Gasteiger partial charge in [-0.1, -0.05) is 26.0 Å². The van der Waals surface area contributed by atoms with Crippen LogP contribution in [-0.2, 0) is 5.41 Å². The third-order valence-corrected chi connectivity index (χ3v) is 4.97. The molecule has 0 spiro atoms. The number of hydrogen-bond acceptors (Lipinski definition) is 1. The van der Waals surface area contributed by atoms with Crippen LogP contribution in [0.2, 0.25) is 0 Å². The van der Waals surface area contributed by atoms with E-state index >= 15 is 0 Å². The molecule has 0 bridgehead atoms. The lowest BCUT2D eigenvalue weighted by Crippen LogP contribution is -2.17. The maximum absolute atomic E-state index is 12.9. The van der Waals surface area contributed by atoms with Crippen LogP contribution >= 0.6 is 33.9 Å². The number of halogens is 2. The lowest BCUT2D eigenvalue weighted by Gasteiger charge is -2.23. The molecule has 16 heavy (non-hydrogen) atoms. The van der Waals surface area contributed by atoms with E-state index in [1.54, 1.807) is 11.3 Å². The van der Waals surface area contributed by atoms with Crippen molar-refractivity contribution in [2.75, 3.05) is 0 Å². The largest absolute Gasteiger partial charge is 0.207 e. The van der Waals surface area contributed by atoms with E-state index in [1.165, 1.54) is 19.9 Å². The van der Waals surface area contributed by atoms with E-state index in [9.17, 15) is 4.39 Å². The Morgan fingerprint density at radius 2 is 1.69 bits per heavy atom. The fourth-order valence-electron chi connectivity index (χ4n) is 1.66. The predicted molar refractivity (Wildman–Crippen MR) is 75.6 cm³/mol. The molecule has 0 saturated heterocycles. The monoisotopic (exact) mass is 346 g/mol. The Morgan fingerprint density at radius 1 is 1.06 bits per heavy atom. The number of hydrogen-bond donors (Lipinski definition) is 0. The Labute approximate surface area is 113 Å². The van der Waals surface area contributed by atoms with Gasteiger partial charge in [-0.25, -0.2) is 4.39 Å². The van der Waals surface area contributed by atoms with Crippen molar-refractivity contribution < 1.29 is 4.39 Å². The molecule has 1 aromatic heterocycles. The van der Waals surface area contributed by atoms with Crippen LogP contribution in [0.1, 0.15) is 24.3 Å². The van der Waals surface area contributed by atoms with Gasteiger partial charge >= 0.3 is 0 Å². The van der Waals surface area contributed by atoms with Crippen LogP contribution in [0.4, 0.5) is 4.39 Å². The Balaban J connectivity index is 2.42. The molecule has 1 aromatic carbocycles. The zero-order chi connectivity index (χ0) is 11.8. The number of thiophene rings is 1. The van der Waals surface area contributed by atoms with Crippen molar-refractivity contribution in [2.45, 2.75) is 19.3 Å². The number of rotatable bonds is 2. The van der Waals surface area contributed by atoms with E-state index in [0.717, 1.165) is 5.56 Å². The molecule has 2 aromatic rings. The van der Waals surface area contributed by atoms with Gasteiger partial charge < -0.3 is 0 Å². The van der Waals surface area contributed by atoms with Crippen LogP contribution in [0.5, 0.6) is 0 Å². The lowest BCUT2D eigenvalue weighted by molar-refractivity contribution is 0.617. The van der Waals surface area contributed by atoms with E-state index in [1.807, 2.05) is 12.1 Å². The first-order valence-electron chi connectivity index (χ1n) is 5.02. The van der Waals surface area contributed by atoms with Gasteiger partial charge in [-0.05, 0) is 52.4 Å². The highest BCUT2D eigenvalue weighted by molar-refractivity contribution is 14.1. The third kappa shape index (κ3) is 2.30. The molecule has 0 saturated carbocycles. The highest BCUT2D eigenvalue weighted by Gasteiger charge is 2.24. The molecule has 0 unspecified atom stereocenters. The molecule has 0 N–H and O–H groups in total. The van der Waals surface area contributed by atoms with Crippen molar-refractivity contribution in [2.24, 2.45) is 0 Å². The summed E-state index contributed by atoms with van der Waals surface area (Å²) in [6.07, 6.45) is 0. The van der Waals surface area contributed by atoms with Crippen LogP contribution in [0.3, 0.4) is 0 Å². The van der Waals surface area contributed by atoms with Gasteiger partial charge in [-0.2, -0.15) is 0 Å². The molecular formula is C13H12FIS. The molecular weight excluding hydrogens is 334 g/mol. The SMILES string of the molecule is CC(C)(c1ccc(F)cc1)c1ccc(I)s1. The van der Waals surface area contributed by atoms with Crippen LogP contribution < -0.4 is 0 Å². The summed E-state index contributed by atoms with van der Waals surface area (Å²) in [6.45, 7) is 4.34. The minimum absolute atomic E-state index is 0.0538. The first-order chi connectivity index (χ1) is 7.50. The van der Waals surface area contributed by atoms with Gasteiger partial charge in [-0.3, -0.25) is 0 Å². The van der Waals surface area contributed by atoms with Crippen LogP contribution in [0.25, 0.3) is 0 Å². The summed E-state index contributed by atoms with van der Waals surface area (Å²) in [5.41, 5.74) is 1.09. The minimum Gasteiger partial charge on any atom is -0.207 e. The summed E-state index contributed by atoms with van der Waals surface area (Å²) in [5, 5.41) is 0. The van der Waals surface area contributed by atoms with E-state index in [2.05, 4.69) is 48.6 Å².